The molecule has 3 amide bonds. The number of amides is 3. The van der Waals surface area contributed by atoms with Crippen LogP contribution in [0.3, 0.4) is 0 Å². The van der Waals surface area contributed by atoms with Crippen LogP contribution in [0.1, 0.15) is 63.5 Å². The molecular weight excluding hydrogens is 590 g/mol. The molecule has 2 N–H and O–H groups in total. The number of nitrogens with one attached hydrogen (secondary N) is 1. The van der Waals surface area contributed by atoms with Crippen molar-refractivity contribution in [2.75, 3.05) is 40.0 Å². The fourth-order valence-corrected chi connectivity index (χ4v) is 7.28. The van der Waals surface area contributed by atoms with Crippen molar-refractivity contribution < 1.29 is 38.5 Å². The number of likely N-dealkylation sites (tertiary alicyclic amines) is 1. The van der Waals surface area contributed by atoms with E-state index in [4.69, 9.17) is 14.2 Å². The Hall–Kier alpha value is -3.54. The first-order valence-electron chi connectivity index (χ1n) is 16.4. The fourth-order valence-electron chi connectivity index (χ4n) is 7.28. The van der Waals surface area contributed by atoms with Crippen molar-refractivity contribution in [2.45, 2.75) is 81.8 Å². The Morgan fingerprint density at radius 1 is 1.22 bits per heavy atom. The maximum absolute atomic E-state index is 14.3. The Balaban J connectivity index is 1.66. The Morgan fingerprint density at radius 3 is 2.63 bits per heavy atom. The lowest BCUT2D eigenvalue weighted by Crippen LogP contribution is -2.56. The maximum atomic E-state index is 14.3. The quantitative estimate of drug-likeness (QED) is 0.174. The summed E-state index contributed by atoms with van der Waals surface area (Å²) in [5, 5.41) is 12.6. The zero-order valence-corrected chi connectivity index (χ0v) is 27.1. The van der Waals surface area contributed by atoms with Crippen LogP contribution in [0.5, 0.6) is 0 Å². The molecule has 0 aliphatic carbocycles. The highest BCUT2D eigenvalue weighted by Crippen LogP contribution is 2.59. The van der Waals surface area contributed by atoms with Gasteiger partial charge >= 0.3 is 5.97 Å². The molecule has 252 valence electrons. The zero-order valence-electron chi connectivity index (χ0n) is 27.1. The molecule has 1 aromatic carbocycles. The molecule has 0 unspecified atom stereocenters. The molecule has 1 spiro atoms. The number of benzene rings is 1. The zero-order chi connectivity index (χ0) is 33.3. The highest BCUT2D eigenvalue weighted by Gasteiger charge is 2.75. The Kier molecular flexibility index (Phi) is 12.5. The Labute approximate surface area is 271 Å². The molecule has 0 aromatic heterocycles. The fraction of sp³-hybridized carbons (Fsp3) is 0.600. The molecule has 1 aromatic rings. The number of unbranched alkanes of at least 4 members (excludes halogenated alkanes) is 1. The molecule has 7 atom stereocenters. The van der Waals surface area contributed by atoms with Gasteiger partial charge in [-0.05, 0) is 37.7 Å². The monoisotopic (exact) mass is 639 g/mol. The molecule has 3 saturated heterocycles. The van der Waals surface area contributed by atoms with E-state index < -0.39 is 47.7 Å². The molecule has 11 heteroatoms. The summed E-state index contributed by atoms with van der Waals surface area (Å²) in [4.78, 5) is 58.7. The van der Waals surface area contributed by atoms with Gasteiger partial charge in [-0.2, -0.15) is 0 Å². The molecule has 0 saturated carbocycles. The number of hydrogen-bond donors (Lipinski definition) is 2. The lowest BCUT2D eigenvalue weighted by Gasteiger charge is -2.36. The van der Waals surface area contributed by atoms with Gasteiger partial charge < -0.3 is 34.4 Å². The van der Waals surface area contributed by atoms with Gasteiger partial charge in [0.1, 0.15) is 17.7 Å². The van der Waals surface area contributed by atoms with Gasteiger partial charge in [-0.3, -0.25) is 19.2 Å². The van der Waals surface area contributed by atoms with Crippen LogP contribution < -0.4 is 5.32 Å². The number of carbonyl (C=O) groups is 4. The lowest BCUT2D eigenvalue weighted by molar-refractivity contribution is -0.163. The van der Waals surface area contributed by atoms with Crippen molar-refractivity contribution in [2.24, 2.45) is 11.8 Å². The topological polar surface area (TPSA) is 135 Å². The van der Waals surface area contributed by atoms with Gasteiger partial charge in [0.05, 0.1) is 30.6 Å². The van der Waals surface area contributed by atoms with E-state index in [0.29, 0.717) is 37.9 Å². The van der Waals surface area contributed by atoms with Crippen LogP contribution >= 0.6 is 0 Å². The standard InChI is InChI=1S/C35H49N3O8/c1-5-8-16-27(40)36-25(23-44-4)30(24-14-11-10-12-15-24)45-34(43)28-26-17-18-35(46-26)29(28)32(41)38(21-13-22-39)31(35)33(42)37(19-7-3)20-9-6-2/h5,7,10-12,14-15,25-26,28-31,39H,1,3,6,8-9,13,16-23H2,2,4H3,(H,36,40)/t25-,26+,28-,29-,30-,31+,35-/m1/s1. The van der Waals surface area contributed by atoms with Crippen LogP contribution in [-0.4, -0.2) is 102 Å². The second-order valence-corrected chi connectivity index (χ2v) is 12.3. The predicted molar refractivity (Wildman–Crippen MR) is 171 cm³/mol. The van der Waals surface area contributed by atoms with E-state index in [1.165, 1.54) is 12.0 Å². The summed E-state index contributed by atoms with van der Waals surface area (Å²) in [5.41, 5.74) is -0.525. The van der Waals surface area contributed by atoms with E-state index in [2.05, 4.69) is 18.5 Å². The number of carbonyl (C=O) groups excluding carboxylic acids is 4. The number of aliphatic hydroxyl groups excluding tert-OH is 1. The third-order valence-electron chi connectivity index (χ3n) is 9.31. The minimum Gasteiger partial charge on any atom is -0.455 e. The number of aliphatic hydroxyl groups is 1. The number of nitrogens with zero attached hydrogens (tertiary/aromatic N) is 2. The average Bonchev–Trinajstić information content (AvgIpc) is 3.70. The van der Waals surface area contributed by atoms with Crippen molar-refractivity contribution in [3.8, 4) is 0 Å². The van der Waals surface area contributed by atoms with E-state index >= 15 is 0 Å². The van der Waals surface area contributed by atoms with Gasteiger partial charge in [0.25, 0.3) is 0 Å². The smallest absolute Gasteiger partial charge is 0.313 e. The van der Waals surface area contributed by atoms with Crippen molar-refractivity contribution >= 4 is 23.7 Å². The summed E-state index contributed by atoms with van der Waals surface area (Å²) in [6, 6.07) is 7.47. The summed E-state index contributed by atoms with van der Waals surface area (Å²) < 4.78 is 18.2. The van der Waals surface area contributed by atoms with Crippen molar-refractivity contribution in [3.63, 3.8) is 0 Å². The van der Waals surface area contributed by atoms with Gasteiger partial charge in [-0.25, -0.2) is 0 Å². The maximum Gasteiger partial charge on any atom is 0.313 e. The molecule has 3 heterocycles. The second-order valence-electron chi connectivity index (χ2n) is 12.3. The van der Waals surface area contributed by atoms with Crippen LogP contribution in [0.2, 0.25) is 0 Å². The number of esters is 1. The minimum atomic E-state index is -1.18. The first kappa shape index (κ1) is 35.3. The molecule has 4 rings (SSSR count). The van der Waals surface area contributed by atoms with E-state index in [0.717, 1.165) is 12.8 Å². The summed E-state index contributed by atoms with van der Waals surface area (Å²) in [7, 11) is 1.51. The lowest BCUT2D eigenvalue weighted by atomic mass is 9.70. The molecule has 11 nitrogen and oxygen atoms in total. The summed E-state index contributed by atoms with van der Waals surface area (Å²) in [6.45, 7) is 10.5. The molecule has 46 heavy (non-hydrogen) atoms. The van der Waals surface area contributed by atoms with Crippen LogP contribution in [0.25, 0.3) is 0 Å². The first-order chi connectivity index (χ1) is 22.3. The second kappa shape index (κ2) is 16.3. The third kappa shape index (κ3) is 7.21. The highest BCUT2D eigenvalue weighted by molar-refractivity contribution is 5.98. The number of methoxy groups -OCH3 is 1. The molecule has 2 bridgehead atoms. The molecule has 0 radical (unpaired) electrons. The van der Waals surface area contributed by atoms with Crippen LogP contribution in [0.4, 0.5) is 0 Å². The van der Waals surface area contributed by atoms with E-state index in [9.17, 15) is 24.3 Å². The normalized spacial score (nSPS) is 25.9. The molecule has 3 fully saturated rings. The molecular formula is C35H49N3O8. The Bertz CT molecular complexity index is 1240. The highest BCUT2D eigenvalue weighted by atomic mass is 16.6. The third-order valence-corrected chi connectivity index (χ3v) is 9.31. The SMILES string of the molecule is C=CCCC(=O)N[C@H](COC)[C@H](OC(=O)[C@@H]1[C@@H]2CC[C@]3(O2)[C@H](C(=O)N(CC=C)CCCC)N(CCCO)C(=O)[C@@H]13)c1ccccc1. The summed E-state index contributed by atoms with van der Waals surface area (Å²) in [5.74, 6) is -3.29. The van der Waals surface area contributed by atoms with Crippen molar-refractivity contribution in [3.05, 3.63) is 61.2 Å². The van der Waals surface area contributed by atoms with Crippen LogP contribution in [0.15, 0.2) is 55.6 Å². The molecule has 3 aliphatic rings. The number of allylic oxidation sites excluding steroid dienone is 1. The molecule has 3 aliphatic heterocycles. The average molecular weight is 640 g/mol. The van der Waals surface area contributed by atoms with E-state index in [-0.39, 0.29) is 50.3 Å². The van der Waals surface area contributed by atoms with Gasteiger partial charge in [-0.15, -0.1) is 13.2 Å². The van der Waals surface area contributed by atoms with Gasteiger partial charge in [-0.1, -0.05) is 55.8 Å². The predicted octanol–water partition coefficient (Wildman–Crippen LogP) is 2.94. The van der Waals surface area contributed by atoms with E-state index in [1.54, 1.807) is 17.1 Å². The van der Waals surface area contributed by atoms with Gasteiger partial charge in [0, 0.05) is 39.8 Å². The van der Waals surface area contributed by atoms with Crippen molar-refractivity contribution in [1.82, 2.24) is 15.1 Å². The summed E-state index contributed by atoms with van der Waals surface area (Å²) in [6.07, 6.45) is 5.44. The van der Waals surface area contributed by atoms with E-state index in [1.807, 2.05) is 37.3 Å². The minimum absolute atomic E-state index is 0.0754. The summed E-state index contributed by atoms with van der Waals surface area (Å²) >= 11 is 0. The Morgan fingerprint density at radius 2 is 1.98 bits per heavy atom. The van der Waals surface area contributed by atoms with Crippen molar-refractivity contribution in [1.29, 1.82) is 0 Å². The number of hydrogen-bond acceptors (Lipinski definition) is 8. The largest absolute Gasteiger partial charge is 0.455 e. The number of fused-ring (bicyclic) bond motifs is 1. The number of rotatable bonds is 19. The first-order valence-corrected chi connectivity index (χ1v) is 16.4. The number of ether oxygens (including phenoxy) is 3. The van der Waals surface area contributed by atoms with Crippen LogP contribution in [-0.2, 0) is 33.4 Å². The van der Waals surface area contributed by atoms with Gasteiger partial charge in [0.2, 0.25) is 17.7 Å². The van der Waals surface area contributed by atoms with Crippen LogP contribution in [0, 0.1) is 11.8 Å². The van der Waals surface area contributed by atoms with Gasteiger partial charge in [0.15, 0.2) is 0 Å².